The molecule has 0 aliphatic heterocycles. The van der Waals surface area contributed by atoms with Crippen molar-refractivity contribution in [3.8, 4) is 0 Å². The second-order valence-corrected chi connectivity index (χ2v) is 7.62. The van der Waals surface area contributed by atoms with Crippen LogP contribution in [0.1, 0.15) is 19.3 Å². The Kier molecular flexibility index (Phi) is 19.2. The van der Waals surface area contributed by atoms with E-state index in [0.29, 0.717) is 0 Å². The zero-order valence-electron chi connectivity index (χ0n) is 20.6. The summed E-state index contributed by atoms with van der Waals surface area (Å²) in [6.07, 6.45) is -12.3. The molecule has 6 unspecified atom stereocenters. The minimum absolute atomic E-state index is 0. The molecule has 0 heterocycles. The van der Waals surface area contributed by atoms with E-state index in [2.05, 4.69) is 0 Å². The van der Waals surface area contributed by atoms with E-state index >= 15 is 0 Å². The number of aliphatic hydroxyl groups excluding tert-OH is 3. The molecule has 25 heteroatoms. The SMILES string of the molecule is O=C(O)CC(O)(C(=O)O)C(O)C(=O)O.O=C(O)CC(O)(C(=O)O)C(O)C(=O)O.O=C(O)CC(O)(C(=O)O)C(O)C(=O)O.[Cr]. The van der Waals surface area contributed by atoms with Crippen molar-refractivity contribution >= 4 is 53.7 Å². The summed E-state index contributed by atoms with van der Waals surface area (Å²) in [7, 11) is 0. The number of rotatable bonds is 15. The predicted molar refractivity (Wildman–Crippen MR) is 115 cm³/mol. The molecule has 43 heavy (non-hydrogen) atoms. The van der Waals surface area contributed by atoms with Crippen molar-refractivity contribution in [1.82, 2.24) is 0 Å². The molecule has 0 rings (SSSR count). The van der Waals surface area contributed by atoms with Gasteiger partial charge in [-0.15, -0.1) is 0 Å². The first-order valence-corrected chi connectivity index (χ1v) is 9.90. The molecule has 6 atom stereocenters. The van der Waals surface area contributed by atoms with E-state index in [1.165, 1.54) is 0 Å². The molecule has 0 aliphatic carbocycles. The molecule has 246 valence electrons. The van der Waals surface area contributed by atoms with Gasteiger partial charge in [0.15, 0.2) is 18.3 Å². The fourth-order valence-corrected chi connectivity index (χ4v) is 2.17. The molecule has 0 bridgehead atoms. The number of hydrogen-bond acceptors (Lipinski definition) is 15. The summed E-state index contributed by atoms with van der Waals surface area (Å²) in [5.41, 5.74) is -9.67. The second-order valence-electron chi connectivity index (χ2n) is 7.62. The summed E-state index contributed by atoms with van der Waals surface area (Å²) in [6, 6.07) is 0. The molecule has 0 aliphatic rings. The van der Waals surface area contributed by atoms with Crippen LogP contribution in [0.4, 0.5) is 0 Å². The molecule has 0 fully saturated rings. The largest absolute Gasteiger partial charge is 0.481 e. The fraction of sp³-hybridized carbons (Fsp3) is 0.500. The Balaban J connectivity index is -0.000000262. The molecule has 0 radical (unpaired) electrons. The van der Waals surface area contributed by atoms with E-state index in [1.807, 2.05) is 0 Å². The molecular weight excluding hydrogens is 652 g/mol. The van der Waals surface area contributed by atoms with Crippen LogP contribution in [0.25, 0.3) is 0 Å². The molecule has 0 amide bonds. The van der Waals surface area contributed by atoms with Gasteiger partial charge in [-0.3, -0.25) is 14.4 Å². The Hall–Kier alpha value is -4.48. The maximum Gasteiger partial charge on any atom is 0.339 e. The molecule has 15 N–H and O–H groups in total. The average Bonchev–Trinajstić information content (AvgIpc) is 2.81. The van der Waals surface area contributed by atoms with Crippen molar-refractivity contribution in [2.24, 2.45) is 0 Å². The Morgan fingerprint density at radius 2 is 0.535 bits per heavy atom. The summed E-state index contributed by atoms with van der Waals surface area (Å²) in [5.74, 6) is -17.6. The summed E-state index contributed by atoms with van der Waals surface area (Å²) < 4.78 is 0. The standard InChI is InChI=1S/3C6H8O8.Cr/c3*7-2(8)1-6(14,5(12)13)3(9)4(10)11;/h3*3,9,14H,1H2,(H,7,8)(H,10,11)(H,12,13);. The normalized spacial score (nSPS) is 16.3. The smallest absolute Gasteiger partial charge is 0.339 e. The van der Waals surface area contributed by atoms with Crippen LogP contribution in [0.15, 0.2) is 0 Å². The molecule has 0 aromatic carbocycles. The first-order valence-electron chi connectivity index (χ1n) is 9.90. The molecule has 0 saturated heterocycles. The van der Waals surface area contributed by atoms with E-state index in [9.17, 15) is 43.2 Å². The van der Waals surface area contributed by atoms with Crippen LogP contribution < -0.4 is 0 Å². The second kappa shape index (κ2) is 18.1. The van der Waals surface area contributed by atoms with Gasteiger partial charge in [0.25, 0.3) is 0 Å². The summed E-state index contributed by atoms with van der Waals surface area (Å²) >= 11 is 0. The molecule has 0 aromatic rings. The topological polar surface area (TPSA) is 457 Å². The van der Waals surface area contributed by atoms with E-state index < -0.39 is 108 Å². The predicted octanol–water partition coefficient (Wildman–Crippen LogP) is -6.84. The van der Waals surface area contributed by atoms with Crippen molar-refractivity contribution in [2.75, 3.05) is 0 Å². The molecule has 0 spiro atoms. The van der Waals surface area contributed by atoms with Gasteiger partial charge in [-0.2, -0.15) is 0 Å². The van der Waals surface area contributed by atoms with Crippen LogP contribution in [0.3, 0.4) is 0 Å². The van der Waals surface area contributed by atoms with Gasteiger partial charge in [-0.05, 0) is 0 Å². The third-order valence-corrected chi connectivity index (χ3v) is 4.43. The summed E-state index contributed by atoms with van der Waals surface area (Å²) in [4.78, 5) is 92.0. The fourth-order valence-electron chi connectivity index (χ4n) is 2.17. The maximum atomic E-state index is 10.4. The van der Waals surface area contributed by atoms with Gasteiger partial charge in [0.05, 0.1) is 19.3 Å². The van der Waals surface area contributed by atoms with E-state index in [1.54, 1.807) is 0 Å². The van der Waals surface area contributed by atoms with Gasteiger partial charge in [0, 0.05) is 17.4 Å². The maximum absolute atomic E-state index is 10.4. The van der Waals surface area contributed by atoms with Crippen molar-refractivity contribution < 1.29 is 137 Å². The summed E-state index contributed by atoms with van der Waals surface area (Å²) in [5, 5.41) is 128. The first kappa shape index (κ1) is 45.5. The number of hydrogen-bond donors (Lipinski definition) is 15. The van der Waals surface area contributed by atoms with Crippen LogP contribution in [0.2, 0.25) is 0 Å². The van der Waals surface area contributed by atoms with Gasteiger partial charge < -0.3 is 76.6 Å². The molecular formula is C18H24CrO24. The third-order valence-electron chi connectivity index (χ3n) is 4.43. The quantitative estimate of drug-likeness (QED) is 0.0766. The minimum Gasteiger partial charge on any atom is -0.481 e. The average molecular weight is 676 g/mol. The number of aliphatic hydroxyl groups is 6. The molecule has 24 nitrogen and oxygen atoms in total. The number of carboxylic acid groups (broad SMARTS) is 9. The Labute approximate surface area is 245 Å². The molecule has 0 saturated carbocycles. The minimum atomic E-state index is -3.22. The van der Waals surface area contributed by atoms with Gasteiger partial charge in [-0.25, -0.2) is 28.8 Å². The number of aliphatic carboxylic acids is 9. The van der Waals surface area contributed by atoms with Crippen LogP contribution in [0.5, 0.6) is 0 Å². The van der Waals surface area contributed by atoms with Gasteiger partial charge in [-0.1, -0.05) is 0 Å². The van der Waals surface area contributed by atoms with E-state index in [0.717, 1.165) is 0 Å². The Morgan fingerprint density at radius 3 is 0.605 bits per heavy atom. The van der Waals surface area contributed by atoms with Crippen LogP contribution in [0, 0.1) is 0 Å². The number of carbonyl (C=O) groups is 9. The molecule has 0 aromatic heterocycles. The van der Waals surface area contributed by atoms with E-state index in [4.69, 9.17) is 76.6 Å². The Morgan fingerprint density at radius 1 is 0.395 bits per heavy atom. The van der Waals surface area contributed by atoms with Gasteiger partial charge >= 0.3 is 53.7 Å². The first-order chi connectivity index (χ1) is 18.6. The number of carboxylic acids is 9. The van der Waals surface area contributed by atoms with Crippen LogP contribution >= 0.6 is 0 Å². The van der Waals surface area contributed by atoms with Crippen molar-refractivity contribution in [3.63, 3.8) is 0 Å². The third kappa shape index (κ3) is 13.8. The summed E-state index contributed by atoms with van der Waals surface area (Å²) in [6.45, 7) is 0. The zero-order chi connectivity index (χ0) is 34.5. The zero-order valence-corrected chi connectivity index (χ0v) is 21.9. The monoisotopic (exact) mass is 676 g/mol. The van der Waals surface area contributed by atoms with Crippen molar-refractivity contribution in [2.45, 2.75) is 54.4 Å². The van der Waals surface area contributed by atoms with E-state index in [-0.39, 0.29) is 17.4 Å². The van der Waals surface area contributed by atoms with Gasteiger partial charge in [0.1, 0.15) is 0 Å². The Bertz CT molecular complexity index is 953. The van der Waals surface area contributed by atoms with Crippen molar-refractivity contribution in [3.05, 3.63) is 0 Å². The van der Waals surface area contributed by atoms with Gasteiger partial charge in [0.2, 0.25) is 16.8 Å². The van der Waals surface area contributed by atoms with Crippen LogP contribution in [-0.4, -0.2) is 165 Å². The van der Waals surface area contributed by atoms with Crippen LogP contribution in [-0.2, 0) is 60.5 Å². The van der Waals surface area contributed by atoms with Crippen molar-refractivity contribution in [1.29, 1.82) is 0 Å².